The van der Waals surface area contributed by atoms with Gasteiger partial charge >= 0.3 is 18.2 Å². The number of urea groups is 1. The van der Waals surface area contributed by atoms with Crippen molar-refractivity contribution in [2.75, 3.05) is 13.1 Å². The lowest BCUT2D eigenvalue weighted by Gasteiger charge is -2.21. The van der Waals surface area contributed by atoms with Gasteiger partial charge in [-0.1, -0.05) is 0 Å². The molecule has 0 aromatic rings. The van der Waals surface area contributed by atoms with Gasteiger partial charge in [-0.15, -0.1) is 0 Å². The van der Waals surface area contributed by atoms with Crippen molar-refractivity contribution in [3.8, 4) is 0 Å². The van der Waals surface area contributed by atoms with E-state index in [-0.39, 0.29) is 13.0 Å². The SMILES string of the molecule is O=C(O)[C@@H]1CC(O)CN1C(=O)NCC(F)(F)F. The number of rotatable bonds is 2. The average Bonchev–Trinajstić information content (AvgIpc) is 2.55. The van der Waals surface area contributed by atoms with Crippen LogP contribution in [0.2, 0.25) is 0 Å². The van der Waals surface area contributed by atoms with Crippen LogP contribution in [0.1, 0.15) is 6.42 Å². The highest BCUT2D eigenvalue weighted by atomic mass is 19.4. The van der Waals surface area contributed by atoms with Crippen LogP contribution >= 0.6 is 0 Å². The van der Waals surface area contributed by atoms with Crippen LogP contribution < -0.4 is 5.32 Å². The zero-order valence-electron chi connectivity index (χ0n) is 8.57. The molecule has 2 atom stereocenters. The standard InChI is InChI=1S/C8H11F3N2O4/c9-8(10,11)3-12-7(17)13-2-4(14)1-5(13)6(15)16/h4-5,14H,1-3H2,(H,12,17)(H,15,16)/t4?,5-/m0/s1. The summed E-state index contributed by atoms with van der Waals surface area (Å²) in [6.07, 6.45) is -5.78. The van der Waals surface area contributed by atoms with E-state index in [1.54, 1.807) is 5.32 Å². The van der Waals surface area contributed by atoms with E-state index in [9.17, 15) is 27.9 Å². The number of hydrogen-bond donors (Lipinski definition) is 3. The minimum absolute atomic E-state index is 0.186. The number of carbonyl (C=O) groups excluding carboxylic acids is 1. The van der Waals surface area contributed by atoms with Crippen LogP contribution in [-0.4, -0.2) is 58.5 Å². The molecule has 1 fully saturated rings. The van der Waals surface area contributed by atoms with E-state index in [2.05, 4.69) is 0 Å². The van der Waals surface area contributed by atoms with Crippen LogP contribution in [-0.2, 0) is 4.79 Å². The highest BCUT2D eigenvalue weighted by Gasteiger charge is 2.40. The van der Waals surface area contributed by atoms with Crippen LogP contribution in [0.4, 0.5) is 18.0 Å². The van der Waals surface area contributed by atoms with Gasteiger partial charge in [0.1, 0.15) is 12.6 Å². The zero-order valence-corrected chi connectivity index (χ0v) is 8.57. The zero-order chi connectivity index (χ0) is 13.2. The molecule has 17 heavy (non-hydrogen) atoms. The van der Waals surface area contributed by atoms with Gasteiger partial charge in [0.2, 0.25) is 0 Å². The van der Waals surface area contributed by atoms with E-state index in [1.807, 2.05) is 0 Å². The Morgan fingerprint density at radius 1 is 1.41 bits per heavy atom. The lowest BCUT2D eigenvalue weighted by atomic mass is 10.2. The number of nitrogens with zero attached hydrogens (tertiary/aromatic N) is 1. The van der Waals surface area contributed by atoms with Gasteiger partial charge in [0, 0.05) is 13.0 Å². The fourth-order valence-electron chi connectivity index (χ4n) is 1.55. The Bertz CT molecular complexity index is 320. The van der Waals surface area contributed by atoms with Gasteiger partial charge in [-0.3, -0.25) is 0 Å². The van der Waals surface area contributed by atoms with E-state index < -0.39 is 36.9 Å². The molecule has 1 heterocycles. The first-order valence-electron chi connectivity index (χ1n) is 4.73. The summed E-state index contributed by atoms with van der Waals surface area (Å²) >= 11 is 0. The average molecular weight is 256 g/mol. The maximum Gasteiger partial charge on any atom is 0.405 e. The van der Waals surface area contributed by atoms with E-state index in [1.165, 1.54) is 0 Å². The summed E-state index contributed by atoms with van der Waals surface area (Å²) in [5.41, 5.74) is 0. The van der Waals surface area contributed by atoms with Crippen LogP contribution in [0.25, 0.3) is 0 Å². The van der Waals surface area contributed by atoms with Crippen molar-refractivity contribution >= 4 is 12.0 Å². The molecule has 0 spiro atoms. The van der Waals surface area contributed by atoms with Gasteiger partial charge in [0.15, 0.2) is 0 Å². The van der Waals surface area contributed by atoms with E-state index in [0.717, 1.165) is 0 Å². The van der Waals surface area contributed by atoms with Gasteiger partial charge in [-0.25, -0.2) is 9.59 Å². The summed E-state index contributed by atoms with van der Waals surface area (Å²) in [5.74, 6) is -1.36. The largest absolute Gasteiger partial charge is 0.480 e. The number of aliphatic hydroxyl groups is 1. The fraction of sp³-hybridized carbons (Fsp3) is 0.750. The van der Waals surface area contributed by atoms with Crippen LogP contribution in [0.3, 0.4) is 0 Å². The van der Waals surface area contributed by atoms with Crippen molar-refractivity contribution in [1.29, 1.82) is 0 Å². The molecule has 98 valence electrons. The summed E-state index contributed by atoms with van der Waals surface area (Å²) in [4.78, 5) is 22.7. The molecule has 1 saturated heterocycles. The second-order valence-corrected chi connectivity index (χ2v) is 3.67. The number of likely N-dealkylation sites (tertiary alicyclic amines) is 1. The predicted octanol–water partition coefficient (Wildman–Crippen LogP) is -0.222. The van der Waals surface area contributed by atoms with Crippen molar-refractivity contribution in [2.45, 2.75) is 24.7 Å². The van der Waals surface area contributed by atoms with Gasteiger partial charge in [0.25, 0.3) is 0 Å². The molecule has 1 rings (SSSR count). The number of carboxylic acids is 1. The van der Waals surface area contributed by atoms with Crippen molar-refractivity contribution < 1.29 is 33.0 Å². The molecule has 0 aliphatic carbocycles. The first kappa shape index (κ1) is 13.6. The molecule has 0 bridgehead atoms. The van der Waals surface area contributed by atoms with Crippen LogP contribution in [0, 0.1) is 0 Å². The Kier molecular flexibility index (Phi) is 3.81. The molecule has 0 aromatic heterocycles. The van der Waals surface area contributed by atoms with E-state index in [0.29, 0.717) is 4.90 Å². The molecule has 1 unspecified atom stereocenters. The van der Waals surface area contributed by atoms with Gasteiger partial charge in [0.05, 0.1) is 6.10 Å². The van der Waals surface area contributed by atoms with Gasteiger partial charge < -0.3 is 20.4 Å². The second kappa shape index (κ2) is 4.78. The van der Waals surface area contributed by atoms with Crippen LogP contribution in [0.15, 0.2) is 0 Å². The normalized spacial score (nSPS) is 24.8. The summed E-state index contributed by atoms with van der Waals surface area (Å²) in [7, 11) is 0. The quantitative estimate of drug-likeness (QED) is 0.637. The Balaban J connectivity index is 2.59. The van der Waals surface area contributed by atoms with Crippen molar-refractivity contribution in [2.24, 2.45) is 0 Å². The molecule has 3 N–H and O–H groups in total. The number of alkyl halides is 3. The Labute approximate surface area is 94.0 Å². The molecule has 0 saturated carbocycles. The number of aliphatic hydroxyl groups excluding tert-OH is 1. The summed E-state index contributed by atoms with van der Waals surface area (Å²) in [6, 6.07) is -2.44. The number of hydrogen-bond acceptors (Lipinski definition) is 3. The third-order valence-corrected chi connectivity index (χ3v) is 2.26. The monoisotopic (exact) mass is 256 g/mol. The van der Waals surface area contributed by atoms with Gasteiger partial charge in [-0.05, 0) is 0 Å². The third kappa shape index (κ3) is 3.77. The minimum atomic E-state index is -4.56. The lowest BCUT2D eigenvalue weighted by Crippen LogP contribution is -2.48. The fourth-order valence-corrected chi connectivity index (χ4v) is 1.55. The maximum atomic E-state index is 11.8. The van der Waals surface area contributed by atoms with Gasteiger partial charge in [-0.2, -0.15) is 13.2 Å². The molecule has 9 heteroatoms. The molecule has 0 aromatic carbocycles. The maximum absolute atomic E-state index is 11.8. The highest BCUT2D eigenvalue weighted by Crippen LogP contribution is 2.19. The van der Waals surface area contributed by atoms with Crippen molar-refractivity contribution in [1.82, 2.24) is 10.2 Å². The number of β-amino-alcohol motifs (C(OH)–C–C–N with tert-alkyl or cyclic N) is 1. The molecule has 6 nitrogen and oxygen atoms in total. The van der Waals surface area contributed by atoms with E-state index in [4.69, 9.17) is 5.11 Å². The van der Waals surface area contributed by atoms with Crippen molar-refractivity contribution in [3.05, 3.63) is 0 Å². The van der Waals surface area contributed by atoms with Crippen molar-refractivity contribution in [3.63, 3.8) is 0 Å². The Morgan fingerprint density at radius 3 is 2.47 bits per heavy atom. The third-order valence-electron chi connectivity index (χ3n) is 2.26. The number of aliphatic carboxylic acids is 1. The summed E-state index contributed by atoms with van der Waals surface area (Å²) < 4.78 is 35.5. The first-order valence-corrected chi connectivity index (χ1v) is 4.73. The topological polar surface area (TPSA) is 89.9 Å². The molecule has 2 amide bonds. The first-order chi connectivity index (χ1) is 7.70. The Hall–Kier alpha value is -1.51. The summed E-state index contributed by atoms with van der Waals surface area (Å²) in [5, 5.41) is 19.5. The van der Waals surface area contributed by atoms with Crippen LogP contribution in [0.5, 0.6) is 0 Å². The number of carboxylic acid groups (broad SMARTS) is 1. The second-order valence-electron chi connectivity index (χ2n) is 3.67. The molecular weight excluding hydrogens is 245 g/mol. The number of nitrogens with one attached hydrogen (secondary N) is 1. The molecule has 1 aliphatic heterocycles. The number of amides is 2. The number of halogens is 3. The molecule has 1 aliphatic rings. The number of carbonyl (C=O) groups is 2. The smallest absolute Gasteiger partial charge is 0.405 e. The molecule has 0 radical (unpaired) electrons. The predicted molar refractivity (Wildman–Crippen MR) is 48.2 cm³/mol. The van der Waals surface area contributed by atoms with E-state index >= 15 is 0 Å². The summed E-state index contributed by atoms with van der Waals surface area (Å²) in [6.45, 7) is -1.83. The Morgan fingerprint density at radius 2 is 2.00 bits per heavy atom. The lowest BCUT2D eigenvalue weighted by molar-refractivity contribution is -0.141. The minimum Gasteiger partial charge on any atom is -0.480 e. The molecular formula is C8H11F3N2O4. The highest BCUT2D eigenvalue weighted by molar-refractivity contribution is 5.83.